The van der Waals surface area contributed by atoms with Gasteiger partial charge in [-0.3, -0.25) is 4.79 Å². The molecule has 1 aliphatic heterocycles. The second kappa shape index (κ2) is 12.1. The number of carbonyl (C=O) groups is 1. The van der Waals surface area contributed by atoms with Crippen LogP contribution in [0.2, 0.25) is 0 Å². The molecule has 2 aromatic rings. The van der Waals surface area contributed by atoms with Crippen LogP contribution in [0.25, 0.3) is 0 Å². The molecule has 34 heavy (non-hydrogen) atoms. The average Bonchev–Trinajstić information content (AvgIpc) is 2.78. The van der Waals surface area contributed by atoms with Crippen LogP contribution in [0, 0.1) is 10.7 Å². The minimum Gasteiger partial charge on any atom is -0.480 e. The Morgan fingerprint density at radius 2 is 1.68 bits per heavy atom. The van der Waals surface area contributed by atoms with E-state index >= 15 is 0 Å². The molecule has 0 aliphatic carbocycles. The fourth-order valence-electron chi connectivity index (χ4n) is 3.22. The van der Waals surface area contributed by atoms with Gasteiger partial charge in [0.15, 0.2) is 5.75 Å². The molecule has 0 amide bonds. The predicted molar refractivity (Wildman–Crippen MR) is 145 cm³/mol. The lowest BCUT2D eigenvalue weighted by Gasteiger charge is -2.39. The summed E-state index contributed by atoms with van der Waals surface area (Å²) >= 11 is 6.25. The van der Waals surface area contributed by atoms with Crippen LogP contribution in [0.15, 0.2) is 30.3 Å². The minimum atomic E-state index is -1.53. The third-order valence-corrected chi connectivity index (χ3v) is 7.49. The van der Waals surface area contributed by atoms with Gasteiger partial charge in [0.2, 0.25) is 6.29 Å². The van der Waals surface area contributed by atoms with Gasteiger partial charge in [-0.1, -0.05) is 0 Å². The summed E-state index contributed by atoms with van der Waals surface area (Å²) in [6, 6.07) is 7.63. The van der Waals surface area contributed by atoms with Crippen molar-refractivity contribution in [2.24, 2.45) is 5.73 Å². The van der Waals surface area contributed by atoms with Gasteiger partial charge in [-0.15, -0.1) is 0 Å². The molecule has 186 valence electrons. The Bertz CT molecular complexity index is 1020. The fraction of sp³-hybridized carbons (Fsp3) is 0.381. The van der Waals surface area contributed by atoms with E-state index in [9.17, 15) is 25.2 Å². The standard InChI is InChI=1S/C21H22I3NO9/c22-10-6-9(32-19-11(23)3-8(4-12(19)24)5-13(25)20(30)31)1-2-14(10)33-21-18(29)17(28)16(27)15(7-26)34-21/h1-4,6,13,15-18,21,26-29H,5,7,25H2,(H,30,31)/t13-,15+,16+,17-,18+,21?/m0/s1. The topological polar surface area (TPSA) is 172 Å². The van der Waals surface area contributed by atoms with E-state index in [2.05, 4.69) is 45.2 Å². The Hall–Kier alpha value is -0.540. The summed E-state index contributed by atoms with van der Waals surface area (Å²) in [5, 5.41) is 48.4. The molecule has 10 nitrogen and oxygen atoms in total. The van der Waals surface area contributed by atoms with E-state index in [0.717, 1.165) is 12.7 Å². The van der Waals surface area contributed by atoms with E-state index in [0.29, 0.717) is 20.8 Å². The summed E-state index contributed by atoms with van der Waals surface area (Å²) in [6.45, 7) is -0.549. The monoisotopic (exact) mass is 813 g/mol. The Morgan fingerprint density at radius 3 is 2.24 bits per heavy atom. The smallest absolute Gasteiger partial charge is 0.320 e. The number of aliphatic hydroxyl groups is 4. The summed E-state index contributed by atoms with van der Waals surface area (Å²) in [7, 11) is 0. The van der Waals surface area contributed by atoms with Gasteiger partial charge in [0.25, 0.3) is 0 Å². The molecule has 7 N–H and O–H groups in total. The molecule has 1 heterocycles. The van der Waals surface area contributed by atoms with Crippen molar-refractivity contribution in [3.05, 3.63) is 46.6 Å². The lowest BCUT2D eigenvalue weighted by molar-refractivity contribution is -0.277. The van der Waals surface area contributed by atoms with E-state index in [-0.39, 0.29) is 6.42 Å². The molecule has 6 atom stereocenters. The van der Waals surface area contributed by atoms with Crippen molar-refractivity contribution in [1.82, 2.24) is 0 Å². The second-order valence-corrected chi connectivity index (χ2v) is 11.0. The maximum absolute atomic E-state index is 11.0. The number of aliphatic hydroxyl groups excluding tert-OH is 4. The number of benzene rings is 2. The molecule has 3 rings (SSSR count). The number of ether oxygens (including phenoxy) is 3. The fourth-order valence-corrected chi connectivity index (χ4v) is 5.95. The quantitative estimate of drug-likeness (QED) is 0.215. The molecule has 1 saturated heterocycles. The highest BCUT2D eigenvalue weighted by atomic mass is 127. The van der Waals surface area contributed by atoms with Crippen LogP contribution in [0.5, 0.6) is 17.2 Å². The maximum atomic E-state index is 11.0. The zero-order valence-electron chi connectivity index (χ0n) is 17.3. The first-order chi connectivity index (χ1) is 16.0. The van der Waals surface area contributed by atoms with Crippen LogP contribution in [0.1, 0.15) is 5.56 Å². The molecule has 0 aromatic heterocycles. The summed E-state index contributed by atoms with van der Waals surface area (Å²) < 4.78 is 19.3. The highest BCUT2D eigenvalue weighted by Crippen LogP contribution is 2.36. The zero-order chi connectivity index (χ0) is 25.2. The summed E-state index contributed by atoms with van der Waals surface area (Å²) in [4.78, 5) is 11.0. The third-order valence-electron chi connectivity index (χ3n) is 5.05. The van der Waals surface area contributed by atoms with Crippen LogP contribution in [0.3, 0.4) is 0 Å². The van der Waals surface area contributed by atoms with Crippen molar-refractivity contribution in [3.8, 4) is 17.2 Å². The van der Waals surface area contributed by atoms with Gasteiger partial charge < -0.3 is 45.5 Å². The number of carboxylic acid groups (broad SMARTS) is 1. The van der Waals surface area contributed by atoms with Crippen LogP contribution < -0.4 is 15.2 Å². The molecule has 13 heteroatoms. The van der Waals surface area contributed by atoms with E-state index < -0.39 is 49.3 Å². The SMILES string of the molecule is N[C@@H](Cc1cc(I)c(Oc2ccc(OC3O[C@H](CO)[C@@H](O)[C@H](O)[C@H]3O)c(I)c2)c(I)c1)C(=O)O. The number of nitrogens with two attached hydrogens (primary N) is 1. The lowest BCUT2D eigenvalue weighted by atomic mass is 9.99. The predicted octanol–water partition coefficient (Wildman–Crippen LogP) is 1.43. The Labute approximate surface area is 235 Å². The van der Waals surface area contributed by atoms with E-state index in [4.69, 9.17) is 25.1 Å². The van der Waals surface area contributed by atoms with Gasteiger partial charge in [0, 0.05) is 0 Å². The van der Waals surface area contributed by atoms with Gasteiger partial charge in [-0.25, -0.2) is 0 Å². The molecule has 0 spiro atoms. The summed E-state index contributed by atoms with van der Waals surface area (Å²) in [5.74, 6) is 0.397. The maximum Gasteiger partial charge on any atom is 0.320 e. The highest BCUT2D eigenvalue weighted by Gasteiger charge is 2.44. The Morgan fingerprint density at radius 1 is 1.03 bits per heavy atom. The van der Waals surface area contributed by atoms with Crippen LogP contribution >= 0.6 is 67.8 Å². The van der Waals surface area contributed by atoms with Gasteiger partial charge in [-0.05, 0) is 110 Å². The van der Waals surface area contributed by atoms with Crippen LogP contribution in [-0.2, 0) is 16.0 Å². The largest absolute Gasteiger partial charge is 0.480 e. The van der Waals surface area contributed by atoms with E-state index in [1.54, 1.807) is 18.2 Å². The van der Waals surface area contributed by atoms with Gasteiger partial charge >= 0.3 is 5.97 Å². The van der Waals surface area contributed by atoms with Gasteiger partial charge in [0.1, 0.15) is 42.0 Å². The molecular formula is C21H22I3NO9. The second-order valence-electron chi connectivity index (χ2n) is 7.55. The lowest BCUT2D eigenvalue weighted by Crippen LogP contribution is -2.60. The average molecular weight is 813 g/mol. The van der Waals surface area contributed by atoms with Crippen molar-refractivity contribution in [1.29, 1.82) is 0 Å². The van der Waals surface area contributed by atoms with Crippen LogP contribution in [-0.4, -0.2) is 74.9 Å². The Kier molecular flexibility index (Phi) is 10.0. The normalized spacial score (nSPS) is 25.6. The van der Waals surface area contributed by atoms with Crippen molar-refractivity contribution in [2.75, 3.05) is 6.61 Å². The summed E-state index contributed by atoms with van der Waals surface area (Å²) in [6.07, 6.45) is -6.67. The Balaban J connectivity index is 1.74. The molecule has 0 radical (unpaired) electrons. The number of hydrogen-bond acceptors (Lipinski definition) is 9. The molecule has 2 aromatic carbocycles. The van der Waals surface area contributed by atoms with Crippen LogP contribution in [0.4, 0.5) is 0 Å². The van der Waals surface area contributed by atoms with E-state index in [1.807, 2.05) is 34.7 Å². The number of rotatable bonds is 8. The van der Waals surface area contributed by atoms with Crippen molar-refractivity contribution < 1.29 is 44.5 Å². The molecule has 0 bridgehead atoms. The first-order valence-electron chi connectivity index (χ1n) is 9.92. The molecule has 0 saturated carbocycles. The molecular weight excluding hydrogens is 791 g/mol. The number of carboxylic acids is 1. The molecule has 1 aliphatic rings. The number of hydrogen-bond donors (Lipinski definition) is 6. The van der Waals surface area contributed by atoms with Crippen molar-refractivity contribution in [3.63, 3.8) is 0 Å². The third kappa shape index (κ3) is 6.61. The number of halogens is 3. The first-order valence-corrected chi connectivity index (χ1v) is 13.2. The van der Waals surface area contributed by atoms with Crippen molar-refractivity contribution in [2.45, 2.75) is 43.2 Å². The minimum absolute atomic E-state index is 0.198. The summed E-state index contributed by atoms with van der Waals surface area (Å²) in [5.41, 5.74) is 6.42. The van der Waals surface area contributed by atoms with Crippen molar-refractivity contribution >= 4 is 73.7 Å². The van der Waals surface area contributed by atoms with E-state index in [1.165, 1.54) is 0 Å². The zero-order valence-corrected chi connectivity index (χ0v) is 23.8. The van der Waals surface area contributed by atoms with Gasteiger partial charge in [-0.2, -0.15) is 0 Å². The van der Waals surface area contributed by atoms with Gasteiger partial charge in [0.05, 0.1) is 17.3 Å². The first kappa shape index (κ1) is 28.0. The number of aliphatic carboxylic acids is 1. The highest BCUT2D eigenvalue weighted by molar-refractivity contribution is 14.1. The molecule has 1 fully saturated rings. The molecule has 1 unspecified atom stereocenters.